The summed E-state index contributed by atoms with van der Waals surface area (Å²) >= 11 is 0. The molecule has 0 spiro atoms. The van der Waals surface area contributed by atoms with Crippen LogP contribution in [0.25, 0.3) is 66.1 Å². The highest BCUT2D eigenvalue weighted by Gasteiger charge is 2.21. The van der Waals surface area contributed by atoms with Crippen LogP contribution in [0.1, 0.15) is 31.7 Å². The minimum atomic E-state index is 0.556. The highest BCUT2D eigenvalue weighted by Crippen LogP contribution is 2.49. The first-order valence-electron chi connectivity index (χ1n) is 15.0. The largest absolute Gasteiger partial charge is 0.0648 e. The Kier molecular flexibility index (Phi) is 6.90. The first-order valence-corrected chi connectivity index (χ1v) is 15.0. The minimum Gasteiger partial charge on any atom is -0.0648 e. The molecule has 202 valence electrons. The fraction of sp³-hybridized carbons (Fsp3) is 0.0952. The van der Waals surface area contributed by atoms with Crippen LogP contribution >= 0.6 is 0 Å². The molecule has 0 amide bonds. The monoisotopic (exact) mass is 538 g/mol. The van der Waals surface area contributed by atoms with Gasteiger partial charge in [-0.1, -0.05) is 166 Å². The van der Waals surface area contributed by atoms with Gasteiger partial charge in [0, 0.05) is 0 Å². The molecule has 0 aliphatic heterocycles. The van der Waals surface area contributed by atoms with Gasteiger partial charge in [-0.3, -0.25) is 0 Å². The molecule has 0 fully saturated rings. The molecule has 0 nitrogen and oxygen atoms in total. The van der Waals surface area contributed by atoms with Crippen molar-refractivity contribution in [3.05, 3.63) is 157 Å². The van der Waals surface area contributed by atoms with Gasteiger partial charge in [-0.05, 0) is 84.0 Å². The number of fused-ring (bicyclic) bond motifs is 2. The highest BCUT2D eigenvalue weighted by atomic mass is 14.2. The van der Waals surface area contributed by atoms with Gasteiger partial charge in [0.15, 0.2) is 0 Å². The summed E-state index contributed by atoms with van der Waals surface area (Å²) in [4.78, 5) is 0. The molecule has 0 aliphatic carbocycles. The summed E-state index contributed by atoms with van der Waals surface area (Å²) in [6.07, 6.45) is 1.14. The fourth-order valence-corrected chi connectivity index (χ4v) is 6.46. The van der Waals surface area contributed by atoms with Crippen molar-refractivity contribution < 1.29 is 0 Å². The van der Waals surface area contributed by atoms with Gasteiger partial charge in [0.05, 0.1) is 0 Å². The second-order valence-electron chi connectivity index (χ2n) is 11.2. The molecule has 0 N–H and O–H groups in total. The first kappa shape index (κ1) is 26.0. The Bertz CT molecular complexity index is 1880. The number of hydrogen-bond donors (Lipinski definition) is 0. The molecule has 0 heterocycles. The van der Waals surface area contributed by atoms with Gasteiger partial charge in [-0.25, -0.2) is 0 Å². The Morgan fingerprint density at radius 2 is 0.810 bits per heavy atom. The smallest absolute Gasteiger partial charge is 0.00139 e. The van der Waals surface area contributed by atoms with E-state index in [1.165, 1.54) is 71.6 Å². The van der Waals surface area contributed by atoms with Gasteiger partial charge in [0.25, 0.3) is 0 Å². The van der Waals surface area contributed by atoms with Crippen LogP contribution in [0.3, 0.4) is 0 Å². The van der Waals surface area contributed by atoms with Gasteiger partial charge < -0.3 is 0 Å². The molecular weight excluding hydrogens is 504 g/mol. The zero-order valence-corrected chi connectivity index (χ0v) is 24.2. The van der Waals surface area contributed by atoms with Crippen LogP contribution in [0.2, 0.25) is 0 Å². The SMILES string of the molecule is CCC(C)c1ccc(-c2c3ccccc3c(-c3c(-c4ccccc4)cccc3-c3ccccc3)c3ccccc23)cc1. The van der Waals surface area contributed by atoms with Crippen LogP contribution in [0.15, 0.2) is 152 Å². The van der Waals surface area contributed by atoms with Crippen molar-refractivity contribution in [2.24, 2.45) is 0 Å². The highest BCUT2D eigenvalue weighted by molar-refractivity contribution is 6.23. The predicted molar refractivity (Wildman–Crippen MR) is 182 cm³/mol. The average molecular weight is 539 g/mol. The van der Waals surface area contributed by atoms with E-state index >= 15 is 0 Å². The molecule has 7 rings (SSSR count). The van der Waals surface area contributed by atoms with Crippen LogP contribution in [-0.2, 0) is 0 Å². The van der Waals surface area contributed by atoms with Crippen LogP contribution in [0.5, 0.6) is 0 Å². The van der Waals surface area contributed by atoms with Crippen LogP contribution in [0, 0.1) is 0 Å². The molecule has 7 aromatic rings. The molecule has 1 atom stereocenters. The molecule has 0 heteroatoms. The van der Waals surface area contributed by atoms with E-state index in [0.717, 1.165) is 6.42 Å². The third-order valence-electron chi connectivity index (χ3n) is 8.80. The Hall–Kier alpha value is -4.94. The van der Waals surface area contributed by atoms with E-state index in [2.05, 4.69) is 166 Å². The lowest BCUT2D eigenvalue weighted by molar-refractivity contribution is 0.734. The number of benzene rings is 7. The second kappa shape index (κ2) is 11.1. The maximum Gasteiger partial charge on any atom is -0.00139 e. The third-order valence-corrected chi connectivity index (χ3v) is 8.80. The van der Waals surface area contributed by atoms with Crippen molar-refractivity contribution in [3.8, 4) is 44.5 Å². The second-order valence-corrected chi connectivity index (χ2v) is 11.2. The van der Waals surface area contributed by atoms with E-state index in [-0.39, 0.29) is 0 Å². The zero-order valence-electron chi connectivity index (χ0n) is 24.2. The molecule has 0 saturated carbocycles. The fourth-order valence-electron chi connectivity index (χ4n) is 6.46. The Morgan fingerprint density at radius 3 is 1.26 bits per heavy atom. The molecule has 7 aromatic carbocycles. The van der Waals surface area contributed by atoms with Gasteiger partial charge in [0.1, 0.15) is 0 Å². The van der Waals surface area contributed by atoms with Crippen molar-refractivity contribution in [1.29, 1.82) is 0 Å². The van der Waals surface area contributed by atoms with E-state index in [1.807, 2.05) is 0 Å². The topological polar surface area (TPSA) is 0 Å². The molecule has 0 radical (unpaired) electrons. The summed E-state index contributed by atoms with van der Waals surface area (Å²) in [6, 6.07) is 55.6. The molecule has 0 bridgehead atoms. The lowest BCUT2D eigenvalue weighted by Gasteiger charge is -2.22. The normalized spacial score (nSPS) is 12.0. The Balaban J connectivity index is 1.61. The molecule has 1 unspecified atom stereocenters. The third kappa shape index (κ3) is 4.50. The summed E-state index contributed by atoms with van der Waals surface area (Å²) in [7, 11) is 0. The molecular formula is C42H34. The average Bonchev–Trinajstić information content (AvgIpc) is 3.07. The van der Waals surface area contributed by atoms with Gasteiger partial charge in [0.2, 0.25) is 0 Å². The van der Waals surface area contributed by atoms with Crippen LogP contribution < -0.4 is 0 Å². The van der Waals surface area contributed by atoms with E-state index in [9.17, 15) is 0 Å². The predicted octanol–water partition coefficient (Wildman–Crippen LogP) is 12.2. The van der Waals surface area contributed by atoms with Gasteiger partial charge >= 0.3 is 0 Å². The summed E-state index contributed by atoms with van der Waals surface area (Å²) in [6.45, 7) is 4.57. The van der Waals surface area contributed by atoms with Crippen molar-refractivity contribution >= 4 is 21.5 Å². The van der Waals surface area contributed by atoms with E-state index in [1.54, 1.807) is 0 Å². The standard InChI is InChI=1S/C42H34/c1-3-29(2)30-25-27-33(28-26-30)40-36-19-10-12-21-38(36)42(39-22-13-11-20-37(39)40)41-34(31-15-6-4-7-16-31)23-14-24-35(41)32-17-8-5-9-18-32/h4-29H,3H2,1-2H3. The van der Waals surface area contributed by atoms with E-state index in [4.69, 9.17) is 0 Å². The number of hydrogen-bond acceptors (Lipinski definition) is 0. The number of rotatable bonds is 6. The summed E-state index contributed by atoms with van der Waals surface area (Å²) in [5.74, 6) is 0.556. The Morgan fingerprint density at radius 1 is 0.381 bits per heavy atom. The van der Waals surface area contributed by atoms with Crippen LogP contribution in [-0.4, -0.2) is 0 Å². The minimum absolute atomic E-state index is 0.556. The van der Waals surface area contributed by atoms with Gasteiger partial charge in [-0.15, -0.1) is 0 Å². The van der Waals surface area contributed by atoms with Crippen molar-refractivity contribution in [1.82, 2.24) is 0 Å². The van der Waals surface area contributed by atoms with Crippen molar-refractivity contribution in [3.63, 3.8) is 0 Å². The zero-order chi connectivity index (χ0) is 28.5. The molecule has 0 aliphatic rings. The molecule has 0 aromatic heterocycles. The first-order chi connectivity index (χ1) is 20.7. The molecule has 0 saturated heterocycles. The van der Waals surface area contributed by atoms with E-state index < -0.39 is 0 Å². The quantitative estimate of drug-likeness (QED) is 0.185. The van der Waals surface area contributed by atoms with Crippen molar-refractivity contribution in [2.75, 3.05) is 0 Å². The summed E-state index contributed by atoms with van der Waals surface area (Å²) in [5, 5.41) is 5.12. The summed E-state index contributed by atoms with van der Waals surface area (Å²) in [5.41, 5.74) is 11.5. The van der Waals surface area contributed by atoms with Crippen LogP contribution in [0.4, 0.5) is 0 Å². The maximum absolute atomic E-state index is 2.32. The molecule has 42 heavy (non-hydrogen) atoms. The van der Waals surface area contributed by atoms with Crippen molar-refractivity contribution in [2.45, 2.75) is 26.2 Å². The lowest BCUT2D eigenvalue weighted by atomic mass is 9.81. The summed E-state index contributed by atoms with van der Waals surface area (Å²) < 4.78 is 0. The van der Waals surface area contributed by atoms with Gasteiger partial charge in [-0.2, -0.15) is 0 Å². The maximum atomic E-state index is 2.32. The lowest BCUT2D eigenvalue weighted by Crippen LogP contribution is -1.95. The Labute approximate surface area is 248 Å². The van der Waals surface area contributed by atoms with E-state index in [0.29, 0.717) is 5.92 Å².